The largest absolute Gasteiger partial charge is 0.306 e. The maximum Gasteiger partial charge on any atom is 0.141 e. The van der Waals surface area contributed by atoms with Crippen molar-refractivity contribution in [3.63, 3.8) is 0 Å². The maximum atomic E-state index is 13.2. The summed E-state index contributed by atoms with van der Waals surface area (Å²) in [5.41, 5.74) is 2.10. The molecule has 1 N–H and O–H groups in total. The van der Waals surface area contributed by atoms with Gasteiger partial charge in [-0.1, -0.05) is 42.5 Å². The molecule has 1 unspecified atom stereocenters. The lowest BCUT2D eigenvalue weighted by Crippen LogP contribution is -2.18. The van der Waals surface area contributed by atoms with E-state index in [1.165, 1.54) is 28.6 Å². The van der Waals surface area contributed by atoms with Crippen molar-refractivity contribution in [1.82, 2.24) is 10.3 Å². The van der Waals surface area contributed by atoms with E-state index < -0.39 is 0 Å². The van der Waals surface area contributed by atoms with Crippen LogP contribution in [-0.4, -0.2) is 4.98 Å². The molecule has 0 aliphatic rings. The van der Waals surface area contributed by atoms with Gasteiger partial charge in [0.25, 0.3) is 0 Å². The zero-order valence-electron chi connectivity index (χ0n) is 11.9. The van der Waals surface area contributed by atoms with Crippen molar-refractivity contribution >= 4 is 10.8 Å². The van der Waals surface area contributed by atoms with Gasteiger partial charge in [-0.15, -0.1) is 0 Å². The summed E-state index contributed by atoms with van der Waals surface area (Å²) in [5.74, 6) is -0.300. The fourth-order valence-electron chi connectivity index (χ4n) is 2.49. The lowest BCUT2D eigenvalue weighted by atomic mass is 10.0. The van der Waals surface area contributed by atoms with Crippen molar-refractivity contribution in [2.24, 2.45) is 0 Å². The first-order valence-corrected chi connectivity index (χ1v) is 7.04. The van der Waals surface area contributed by atoms with E-state index in [1.54, 1.807) is 6.20 Å². The number of rotatable bonds is 4. The molecular formula is C18H17FN2. The van der Waals surface area contributed by atoms with Crippen molar-refractivity contribution in [2.75, 3.05) is 0 Å². The van der Waals surface area contributed by atoms with Gasteiger partial charge in [0.05, 0.1) is 6.20 Å². The molecule has 0 aliphatic carbocycles. The number of halogens is 1. The maximum absolute atomic E-state index is 13.2. The van der Waals surface area contributed by atoms with E-state index in [9.17, 15) is 4.39 Å². The smallest absolute Gasteiger partial charge is 0.141 e. The van der Waals surface area contributed by atoms with Crippen LogP contribution in [0.25, 0.3) is 10.8 Å². The first-order valence-electron chi connectivity index (χ1n) is 7.04. The van der Waals surface area contributed by atoms with Crippen molar-refractivity contribution in [1.29, 1.82) is 0 Å². The Balaban J connectivity index is 1.77. The Bertz CT molecular complexity index is 750. The van der Waals surface area contributed by atoms with E-state index in [0.29, 0.717) is 0 Å². The minimum atomic E-state index is -0.300. The fraction of sp³-hybridized carbons (Fsp3) is 0.167. The van der Waals surface area contributed by atoms with Gasteiger partial charge in [0.2, 0.25) is 0 Å². The molecule has 0 fully saturated rings. The van der Waals surface area contributed by atoms with Gasteiger partial charge in [0.15, 0.2) is 0 Å². The molecule has 0 amide bonds. The van der Waals surface area contributed by atoms with Gasteiger partial charge in [-0.25, -0.2) is 4.39 Å². The predicted octanol–water partition coefficient (Wildman–Crippen LogP) is 4.22. The lowest BCUT2D eigenvalue weighted by Gasteiger charge is -2.15. The molecule has 0 saturated carbocycles. The van der Waals surface area contributed by atoms with Crippen LogP contribution in [0.3, 0.4) is 0 Å². The monoisotopic (exact) mass is 280 g/mol. The van der Waals surface area contributed by atoms with E-state index in [-0.39, 0.29) is 11.9 Å². The topological polar surface area (TPSA) is 24.9 Å². The molecule has 106 valence electrons. The number of hydrogen-bond acceptors (Lipinski definition) is 2. The third-order valence-electron chi connectivity index (χ3n) is 3.70. The van der Waals surface area contributed by atoms with E-state index in [0.717, 1.165) is 12.1 Å². The predicted molar refractivity (Wildman–Crippen MR) is 83.4 cm³/mol. The van der Waals surface area contributed by atoms with Gasteiger partial charge in [-0.2, -0.15) is 0 Å². The summed E-state index contributed by atoms with van der Waals surface area (Å²) in [5, 5.41) is 5.91. The van der Waals surface area contributed by atoms with Crippen molar-refractivity contribution in [3.8, 4) is 0 Å². The average Bonchev–Trinajstić information content (AvgIpc) is 2.52. The van der Waals surface area contributed by atoms with Crippen LogP contribution in [0.1, 0.15) is 24.1 Å². The van der Waals surface area contributed by atoms with Crippen molar-refractivity contribution in [2.45, 2.75) is 19.5 Å². The summed E-state index contributed by atoms with van der Waals surface area (Å²) in [6.07, 6.45) is 2.92. The normalized spacial score (nSPS) is 12.5. The van der Waals surface area contributed by atoms with E-state index in [1.807, 2.05) is 19.1 Å². The van der Waals surface area contributed by atoms with Gasteiger partial charge in [-0.3, -0.25) is 4.98 Å². The first-order chi connectivity index (χ1) is 10.2. The molecule has 3 rings (SSSR count). The minimum Gasteiger partial charge on any atom is -0.306 e. The second kappa shape index (κ2) is 6.02. The van der Waals surface area contributed by atoms with Crippen LogP contribution >= 0.6 is 0 Å². The van der Waals surface area contributed by atoms with Gasteiger partial charge < -0.3 is 5.32 Å². The van der Waals surface area contributed by atoms with Crippen LogP contribution in [0.2, 0.25) is 0 Å². The highest BCUT2D eigenvalue weighted by Gasteiger charge is 2.07. The standard InChI is InChI=1S/C18H17FN2/c1-13(16-9-17(19)12-20-10-16)21-11-15-7-4-6-14-5-2-3-8-18(14)15/h2-10,12-13,21H,11H2,1H3. The summed E-state index contributed by atoms with van der Waals surface area (Å²) in [6.45, 7) is 2.75. The summed E-state index contributed by atoms with van der Waals surface area (Å²) in [7, 11) is 0. The molecule has 0 saturated heterocycles. The van der Waals surface area contributed by atoms with Crippen molar-refractivity contribution in [3.05, 3.63) is 77.9 Å². The Hall–Kier alpha value is -2.26. The molecule has 2 nitrogen and oxygen atoms in total. The van der Waals surface area contributed by atoms with Crippen LogP contribution in [0.15, 0.2) is 60.9 Å². The molecule has 1 atom stereocenters. The Labute approximate surface area is 123 Å². The quantitative estimate of drug-likeness (QED) is 0.773. The average molecular weight is 280 g/mol. The van der Waals surface area contributed by atoms with Crippen LogP contribution in [0.4, 0.5) is 4.39 Å². The Kier molecular flexibility index (Phi) is 3.93. The third-order valence-corrected chi connectivity index (χ3v) is 3.70. The number of nitrogens with one attached hydrogen (secondary N) is 1. The molecule has 3 heteroatoms. The van der Waals surface area contributed by atoms with E-state index >= 15 is 0 Å². The number of aromatic nitrogens is 1. The Morgan fingerprint density at radius 2 is 1.90 bits per heavy atom. The fourth-order valence-corrected chi connectivity index (χ4v) is 2.49. The molecule has 0 spiro atoms. The molecule has 1 heterocycles. The lowest BCUT2D eigenvalue weighted by molar-refractivity contribution is 0.562. The van der Waals surface area contributed by atoms with Crippen LogP contribution in [0.5, 0.6) is 0 Å². The zero-order chi connectivity index (χ0) is 14.7. The molecule has 21 heavy (non-hydrogen) atoms. The van der Waals surface area contributed by atoms with Crippen molar-refractivity contribution < 1.29 is 4.39 Å². The molecule has 0 bridgehead atoms. The Morgan fingerprint density at radius 3 is 2.76 bits per heavy atom. The van der Waals surface area contributed by atoms with Gasteiger partial charge in [-0.05, 0) is 34.9 Å². The van der Waals surface area contributed by atoms with E-state index in [4.69, 9.17) is 0 Å². The zero-order valence-corrected chi connectivity index (χ0v) is 11.9. The number of pyridine rings is 1. The Morgan fingerprint density at radius 1 is 1.10 bits per heavy atom. The highest BCUT2D eigenvalue weighted by Crippen LogP contribution is 2.19. The summed E-state index contributed by atoms with van der Waals surface area (Å²) >= 11 is 0. The van der Waals surface area contributed by atoms with Gasteiger partial charge in [0.1, 0.15) is 5.82 Å². The minimum absolute atomic E-state index is 0.0483. The number of benzene rings is 2. The molecule has 2 aromatic carbocycles. The second-order valence-corrected chi connectivity index (χ2v) is 5.18. The number of nitrogens with zero attached hydrogens (tertiary/aromatic N) is 1. The summed E-state index contributed by atoms with van der Waals surface area (Å²) < 4.78 is 13.2. The SMILES string of the molecule is CC(NCc1cccc2ccccc12)c1cncc(F)c1. The van der Waals surface area contributed by atoms with Gasteiger partial charge in [0, 0.05) is 18.8 Å². The molecule has 1 aromatic heterocycles. The second-order valence-electron chi connectivity index (χ2n) is 5.18. The van der Waals surface area contributed by atoms with Crippen LogP contribution in [-0.2, 0) is 6.54 Å². The summed E-state index contributed by atoms with van der Waals surface area (Å²) in [4.78, 5) is 3.90. The number of fused-ring (bicyclic) bond motifs is 1. The van der Waals surface area contributed by atoms with Crippen LogP contribution in [0, 0.1) is 5.82 Å². The van der Waals surface area contributed by atoms with E-state index in [2.05, 4.69) is 40.6 Å². The van der Waals surface area contributed by atoms with Gasteiger partial charge >= 0.3 is 0 Å². The number of hydrogen-bond donors (Lipinski definition) is 1. The molecular weight excluding hydrogens is 263 g/mol. The van der Waals surface area contributed by atoms with Crippen LogP contribution < -0.4 is 5.32 Å². The summed E-state index contributed by atoms with van der Waals surface area (Å²) in [6, 6.07) is 16.2. The third kappa shape index (κ3) is 3.09. The first kappa shape index (κ1) is 13.7. The molecule has 0 radical (unpaired) electrons. The molecule has 3 aromatic rings. The highest BCUT2D eigenvalue weighted by molar-refractivity contribution is 5.85. The highest BCUT2D eigenvalue weighted by atomic mass is 19.1. The molecule has 0 aliphatic heterocycles.